The molecule has 2 heterocycles. The normalized spacial score (nSPS) is 20.3. The number of rotatable bonds is 9. The molecule has 0 saturated heterocycles. The van der Waals surface area contributed by atoms with Gasteiger partial charge in [-0.1, -0.05) is 30.3 Å². The van der Waals surface area contributed by atoms with E-state index in [9.17, 15) is 14.3 Å². The molecular weight excluding hydrogens is 425 g/mol. The van der Waals surface area contributed by atoms with Gasteiger partial charge in [0.05, 0.1) is 6.26 Å². The van der Waals surface area contributed by atoms with Gasteiger partial charge in [-0.2, -0.15) is 0 Å². The second kappa shape index (κ2) is 10.6. The second-order valence-corrected chi connectivity index (χ2v) is 8.02. The van der Waals surface area contributed by atoms with Gasteiger partial charge in [0, 0.05) is 42.5 Å². The molecule has 174 valence electrons. The van der Waals surface area contributed by atoms with Gasteiger partial charge >= 0.3 is 0 Å². The SMILES string of the molecule is CCO[C@@H]1OC(C(=O)NCc2ccc(F)cc2)=C[C@H](c2coc3ccccc23)[C@@H]1CCCO. The average Bonchev–Trinajstić information content (AvgIpc) is 3.26. The van der Waals surface area contributed by atoms with Gasteiger partial charge in [0.15, 0.2) is 5.76 Å². The molecule has 2 aromatic carbocycles. The van der Waals surface area contributed by atoms with Crippen molar-refractivity contribution in [2.45, 2.75) is 38.5 Å². The largest absolute Gasteiger partial charge is 0.464 e. The fraction of sp³-hybridized carbons (Fsp3) is 0.346. The van der Waals surface area contributed by atoms with Gasteiger partial charge in [-0.25, -0.2) is 4.39 Å². The van der Waals surface area contributed by atoms with Crippen molar-refractivity contribution in [1.82, 2.24) is 5.32 Å². The highest BCUT2D eigenvalue weighted by Gasteiger charge is 2.39. The number of halogens is 1. The summed E-state index contributed by atoms with van der Waals surface area (Å²) in [5.74, 6) is -0.829. The number of carbonyl (C=O) groups excluding carboxylic acids is 1. The highest BCUT2D eigenvalue weighted by atomic mass is 19.1. The highest BCUT2D eigenvalue weighted by molar-refractivity contribution is 5.92. The van der Waals surface area contributed by atoms with E-state index in [1.165, 1.54) is 12.1 Å². The van der Waals surface area contributed by atoms with Crippen molar-refractivity contribution < 1.29 is 28.2 Å². The zero-order chi connectivity index (χ0) is 23.2. The maximum Gasteiger partial charge on any atom is 0.286 e. The first-order valence-electron chi connectivity index (χ1n) is 11.2. The molecule has 0 spiro atoms. The van der Waals surface area contributed by atoms with Crippen molar-refractivity contribution in [3.05, 3.63) is 83.6 Å². The molecule has 6 nitrogen and oxygen atoms in total. The van der Waals surface area contributed by atoms with E-state index < -0.39 is 6.29 Å². The van der Waals surface area contributed by atoms with Crippen LogP contribution in [0.1, 0.15) is 36.8 Å². The first-order valence-corrected chi connectivity index (χ1v) is 11.2. The lowest BCUT2D eigenvalue weighted by Crippen LogP contribution is -2.38. The van der Waals surface area contributed by atoms with E-state index in [1.807, 2.05) is 37.3 Å². The van der Waals surface area contributed by atoms with Crippen LogP contribution in [0.3, 0.4) is 0 Å². The molecule has 33 heavy (non-hydrogen) atoms. The lowest BCUT2D eigenvalue weighted by atomic mass is 9.80. The number of benzene rings is 2. The van der Waals surface area contributed by atoms with Gasteiger partial charge in [-0.3, -0.25) is 4.79 Å². The molecule has 0 unspecified atom stereocenters. The van der Waals surface area contributed by atoms with Crippen LogP contribution in [0.5, 0.6) is 0 Å². The lowest BCUT2D eigenvalue weighted by Gasteiger charge is -2.36. The Morgan fingerprint density at radius 3 is 2.73 bits per heavy atom. The van der Waals surface area contributed by atoms with E-state index in [2.05, 4.69) is 5.32 Å². The molecular formula is C26H28FNO5. The Labute approximate surface area is 192 Å². The lowest BCUT2D eigenvalue weighted by molar-refractivity contribution is -0.166. The topological polar surface area (TPSA) is 80.9 Å². The summed E-state index contributed by atoms with van der Waals surface area (Å²) in [5.41, 5.74) is 2.50. The van der Waals surface area contributed by atoms with Crippen LogP contribution in [0.2, 0.25) is 0 Å². The van der Waals surface area contributed by atoms with Gasteiger partial charge in [0.1, 0.15) is 11.4 Å². The fourth-order valence-electron chi connectivity index (χ4n) is 4.25. The standard InChI is InChI=1S/C26H28FNO5/c1-2-31-26-20(7-5-13-29)21(22-16-32-23-8-4-3-6-19(22)23)14-24(33-26)25(30)28-15-17-9-11-18(27)12-10-17/h3-4,6,8-12,14,16,20-21,26,29H,2,5,7,13,15H2,1H3,(H,28,30)/t20-,21-,26+/m0/s1. The zero-order valence-electron chi connectivity index (χ0n) is 18.5. The number of nitrogens with one attached hydrogen (secondary N) is 1. The van der Waals surface area contributed by atoms with E-state index in [0.717, 1.165) is 22.1 Å². The minimum Gasteiger partial charge on any atom is -0.464 e. The summed E-state index contributed by atoms with van der Waals surface area (Å²) in [6.45, 7) is 2.60. The third-order valence-electron chi connectivity index (χ3n) is 5.87. The molecule has 0 radical (unpaired) electrons. The Morgan fingerprint density at radius 2 is 1.97 bits per heavy atom. The Bertz CT molecular complexity index is 1110. The maximum absolute atomic E-state index is 13.2. The number of aliphatic hydroxyl groups excluding tert-OH is 1. The van der Waals surface area contributed by atoms with Gasteiger partial charge in [-0.05, 0) is 49.6 Å². The minimum atomic E-state index is -0.642. The van der Waals surface area contributed by atoms with E-state index in [1.54, 1.807) is 18.4 Å². The number of para-hydroxylation sites is 1. The van der Waals surface area contributed by atoms with Crippen LogP contribution < -0.4 is 5.32 Å². The van der Waals surface area contributed by atoms with E-state index in [4.69, 9.17) is 13.9 Å². The highest BCUT2D eigenvalue weighted by Crippen LogP contribution is 2.42. The number of ether oxygens (including phenoxy) is 2. The van der Waals surface area contributed by atoms with Crippen LogP contribution in [0, 0.1) is 11.7 Å². The van der Waals surface area contributed by atoms with Crippen molar-refractivity contribution in [1.29, 1.82) is 0 Å². The van der Waals surface area contributed by atoms with Crippen molar-refractivity contribution in [2.75, 3.05) is 13.2 Å². The first-order chi connectivity index (χ1) is 16.1. The monoisotopic (exact) mass is 453 g/mol. The molecule has 0 aliphatic carbocycles. The summed E-state index contributed by atoms with van der Waals surface area (Å²) < 4.78 is 30.8. The molecule has 7 heteroatoms. The quantitative estimate of drug-likeness (QED) is 0.494. The average molecular weight is 454 g/mol. The number of hydrogen-bond acceptors (Lipinski definition) is 5. The molecule has 1 aromatic heterocycles. The molecule has 3 atom stereocenters. The molecule has 0 saturated carbocycles. The number of allylic oxidation sites excluding steroid dienone is 1. The summed E-state index contributed by atoms with van der Waals surface area (Å²) in [6.07, 6.45) is 4.14. The van der Waals surface area contributed by atoms with Gasteiger partial charge < -0.3 is 24.3 Å². The van der Waals surface area contributed by atoms with Crippen LogP contribution in [0.25, 0.3) is 11.0 Å². The predicted octanol–water partition coefficient (Wildman–Crippen LogP) is 4.64. The Morgan fingerprint density at radius 1 is 1.18 bits per heavy atom. The zero-order valence-corrected chi connectivity index (χ0v) is 18.5. The van der Waals surface area contributed by atoms with Crippen LogP contribution in [0.4, 0.5) is 4.39 Å². The van der Waals surface area contributed by atoms with Gasteiger partial charge in [-0.15, -0.1) is 0 Å². The van der Waals surface area contributed by atoms with Crippen LogP contribution in [-0.4, -0.2) is 30.5 Å². The number of carbonyl (C=O) groups is 1. The molecule has 0 bridgehead atoms. The molecule has 1 aliphatic heterocycles. The third-order valence-corrected chi connectivity index (χ3v) is 5.87. The molecule has 3 aromatic rings. The van der Waals surface area contributed by atoms with E-state index >= 15 is 0 Å². The van der Waals surface area contributed by atoms with Crippen LogP contribution in [0.15, 0.2) is 71.0 Å². The summed E-state index contributed by atoms with van der Waals surface area (Å²) in [4.78, 5) is 13.0. The first kappa shape index (κ1) is 23.0. The summed E-state index contributed by atoms with van der Waals surface area (Å²) in [5, 5.41) is 13.2. The smallest absolute Gasteiger partial charge is 0.286 e. The van der Waals surface area contributed by atoms with E-state index in [0.29, 0.717) is 19.4 Å². The minimum absolute atomic E-state index is 0.0585. The molecule has 1 amide bonds. The van der Waals surface area contributed by atoms with Gasteiger partial charge in [0.25, 0.3) is 5.91 Å². The number of fused-ring (bicyclic) bond motifs is 1. The number of hydrogen-bond donors (Lipinski definition) is 2. The van der Waals surface area contributed by atoms with Crippen molar-refractivity contribution in [2.24, 2.45) is 5.92 Å². The summed E-state index contributed by atoms with van der Waals surface area (Å²) in [7, 11) is 0. The summed E-state index contributed by atoms with van der Waals surface area (Å²) in [6, 6.07) is 13.7. The number of furan rings is 1. The number of amides is 1. The van der Waals surface area contributed by atoms with Crippen molar-refractivity contribution in [3.8, 4) is 0 Å². The summed E-state index contributed by atoms with van der Waals surface area (Å²) >= 11 is 0. The fourth-order valence-corrected chi connectivity index (χ4v) is 4.25. The third kappa shape index (κ3) is 5.26. The van der Waals surface area contributed by atoms with Crippen LogP contribution in [-0.2, 0) is 20.8 Å². The molecule has 0 fully saturated rings. The van der Waals surface area contributed by atoms with Gasteiger partial charge in [0.2, 0.25) is 6.29 Å². The Balaban J connectivity index is 1.64. The predicted molar refractivity (Wildman–Crippen MR) is 122 cm³/mol. The molecule has 1 aliphatic rings. The van der Waals surface area contributed by atoms with Crippen LogP contribution >= 0.6 is 0 Å². The Hall–Kier alpha value is -3.16. The van der Waals surface area contributed by atoms with Crippen molar-refractivity contribution in [3.63, 3.8) is 0 Å². The Kier molecular flexibility index (Phi) is 7.42. The molecule has 2 N–H and O–H groups in total. The van der Waals surface area contributed by atoms with Crippen molar-refractivity contribution >= 4 is 16.9 Å². The second-order valence-electron chi connectivity index (χ2n) is 8.02. The van der Waals surface area contributed by atoms with E-state index in [-0.39, 0.29) is 42.5 Å². The number of aliphatic hydroxyl groups is 1. The maximum atomic E-state index is 13.2. The molecule has 4 rings (SSSR count).